The first-order valence-electron chi connectivity index (χ1n) is 10.2. The van der Waals surface area contributed by atoms with E-state index in [0.29, 0.717) is 25.7 Å². The van der Waals surface area contributed by atoms with Crippen molar-refractivity contribution in [3.8, 4) is 0 Å². The molecule has 1 atom stereocenters. The second-order valence-electron chi connectivity index (χ2n) is 8.67. The number of piperidine rings is 1. The lowest BCUT2D eigenvalue weighted by atomic mass is 9.75. The number of hydroxylamine groups is 2. The van der Waals surface area contributed by atoms with Crippen LogP contribution in [-0.2, 0) is 14.7 Å². The third-order valence-corrected chi connectivity index (χ3v) is 6.04. The molecule has 1 heterocycles. The maximum Gasteiger partial charge on any atom is 0.435 e. The zero-order valence-corrected chi connectivity index (χ0v) is 18.3. The maximum atomic E-state index is 12.8. The van der Waals surface area contributed by atoms with Gasteiger partial charge in [-0.25, -0.2) is 0 Å². The molecule has 1 fully saturated rings. The van der Waals surface area contributed by atoms with Crippen molar-refractivity contribution < 1.29 is 54.2 Å². The number of hydrogen-bond acceptors (Lipinski definition) is 3. The van der Waals surface area contributed by atoms with E-state index in [4.69, 9.17) is 4.74 Å². The van der Waals surface area contributed by atoms with Crippen LogP contribution in [0.15, 0.2) is 0 Å². The van der Waals surface area contributed by atoms with Gasteiger partial charge in [-0.1, -0.05) is 13.8 Å². The summed E-state index contributed by atoms with van der Waals surface area (Å²) in [5, 5.41) is 13.8. The summed E-state index contributed by atoms with van der Waals surface area (Å²) in [6, 6.07) is 0. The van der Waals surface area contributed by atoms with E-state index >= 15 is 0 Å². The molecule has 0 aromatic carbocycles. The molecule has 13 heteroatoms. The summed E-state index contributed by atoms with van der Waals surface area (Å²) in [7, 11) is 0. The Balaban J connectivity index is 2.70. The number of unbranched alkanes of at least 4 members (excludes halogenated alkanes) is 1. The van der Waals surface area contributed by atoms with Crippen LogP contribution in [0.25, 0.3) is 0 Å². The normalized spacial score (nSPS) is 22.9. The van der Waals surface area contributed by atoms with Gasteiger partial charge in [-0.15, -0.1) is 10.3 Å². The second-order valence-corrected chi connectivity index (χ2v) is 8.67. The van der Waals surface area contributed by atoms with Crippen LogP contribution in [0.3, 0.4) is 0 Å². The molecule has 1 rings (SSSR count). The zero-order chi connectivity index (χ0) is 25.2. The van der Waals surface area contributed by atoms with Gasteiger partial charge in [-0.2, -0.15) is 39.5 Å². The van der Waals surface area contributed by atoms with Crippen LogP contribution in [-0.4, -0.2) is 59.6 Å². The Morgan fingerprint density at radius 3 is 1.66 bits per heavy atom. The SMILES string of the molecule is CCC1(CC)CC(OCCCCOC(C(F)(F)F)(C(F)(F)F)C(F)(F)F)CC(C)(C)N1[O]. The van der Waals surface area contributed by atoms with Gasteiger partial charge < -0.3 is 9.47 Å². The van der Waals surface area contributed by atoms with E-state index in [0.717, 1.165) is 5.06 Å². The smallest absolute Gasteiger partial charge is 0.378 e. The summed E-state index contributed by atoms with van der Waals surface area (Å²) >= 11 is 0. The van der Waals surface area contributed by atoms with Crippen molar-refractivity contribution in [1.29, 1.82) is 0 Å². The van der Waals surface area contributed by atoms with E-state index in [1.807, 2.05) is 13.8 Å². The van der Waals surface area contributed by atoms with E-state index in [9.17, 15) is 44.7 Å². The first-order chi connectivity index (χ1) is 14.3. The molecule has 0 aromatic heterocycles. The number of hydrogen-bond donors (Lipinski definition) is 0. The molecule has 0 aromatic rings. The van der Waals surface area contributed by atoms with Crippen LogP contribution >= 0.6 is 0 Å². The van der Waals surface area contributed by atoms with E-state index in [1.54, 1.807) is 13.8 Å². The molecule has 0 amide bonds. The van der Waals surface area contributed by atoms with Gasteiger partial charge >= 0.3 is 24.1 Å². The van der Waals surface area contributed by atoms with Crippen molar-refractivity contribution >= 4 is 0 Å². The number of rotatable bonds is 9. The van der Waals surface area contributed by atoms with Gasteiger partial charge in [-0.05, 0) is 52.4 Å². The minimum absolute atomic E-state index is 0.108. The minimum atomic E-state index is -6.73. The van der Waals surface area contributed by atoms with E-state index in [1.165, 1.54) is 0 Å². The topological polar surface area (TPSA) is 41.6 Å². The molecule has 0 saturated carbocycles. The second kappa shape index (κ2) is 9.83. The molecule has 0 spiro atoms. The maximum absolute atomic E-state index is 12.8. The van der Waals surface area contributed by atoms with Crippen molar-refractivity contribution in [2.24, 2.45) is 0 Å². The first kappa shape index (κ1) is 29.2. The Bertz CT molecular complexity index is 562. The molecule has 32 heavy (non-hydrogen) atoms. The molecule has 1 aliphatic rings. The fourth-order valence-corrected chi connectivity index (χ4v) is 4.21. The highest BCUT2D eigenvalue weighted by molar-refractivity contribution is 5.02. The van der Waals surface area contributed by atoms with Crippen LogP contribution in [0, 0.1) is 0 Å². The third kappa shape index (κ3) is 5.64. The highest BCUT2D eigenvalue weighted by Crippen LogP contribution is 2.55. The van der Waals surface area contributed by atoms with E-state index < -0.39 is 48.2 Å². The molecule has 1 saturated heterocycles. The van der Waals surface area contributed by atoms with E-state index in [2.05, 4.69) is 4.74 Å². The highest BCUT2D eigenvalue weighted by atomic mass is 19.4. The summed E-state index contributed by atoms with van der Waals surface area (Å²) < 4.78 is 124. The Morgan fingerprint density at radius 2 is 1.25 bits per heavy atom. The third-order valence-electron chi connectivity index (χ3n) is 6.04. The lowest BCUT2D eigenvalue weighted by Gasteiger charge is -2.52. The number of ether oxygens (including phenoxy) is 2. The summed E-state index contributed by atoms with van der Waals surface area (Å²) in [6.07, 6.45) is -19.4. The quantitative estimate of drug-likeness (QED) is 0.279. The lowest BCUT2D eigenvalue weighted by Crippen LogP contribution is -2.67. The zero-order valence-electron chi connectivity index (χ0n) is 18.3. The van der Waals surface area contributed by atoms with Crippen molar-refractivity contribution in [1.82, 2.24) is 5.06 Å². The fourth-order valence-electron chi connectivity index (χ4n) is 4.21. The van der Waals surface area contributed by atoms with Crippen LogP contribution in [0.5, 0.6) is 0 Å². The fraction of sp³-hybridized carbons (Fsp3) is 1.00. The molecular formula is C19H29F9NO3. The number of alkyl halides is 9. The number of nitrogens with zero attached hydrogens (tertiary/aromatic N) is 1. The van der Waals surface area contributed by atoms with Crippen LogP contribution in [0.4, 0.5) is 39.5 Å². The van der Waals surface area contributed by atoms with Crippen LogP contribution < -0.4 is 0 Å². The van der Waals surface area contributed by atoms with Crippen LogP contribution in [0.1, 0.15) is 66.2 Å². The molecule has 4 nitrogen and oxygen atoms in total. The predicted molar refractivity (Wildman–Crippen MR) is 95.0 cm³/mol. The van der Waals surface area contributed by atoms with Gasteiger partial charge in [0.2, 0.25) is 0 Å². The monoisotopic (exact) mass is 490 g/mol. The number of halogens is 9. The molecular weight excluding hydrogens is 461 g/mol. The van der Waals surface area contributed by atoms with Gasteiger partial charge in [0.15, 0.2) is 0 Å². The van der Waals surface area contributed by atoms with Crippen LogP contribution in [0.2, 0.25) is 0 Å². The average Bonchev–Trinajstić information content (AvgIpc) is 2.60. The summed E-state index contributed by atoms with van der Waals surface area (Å²) in [6.45, 7) is 5.68. The molecule has 1 unspecified atom stereocenters. The van der Waals surface area contributed by atoms with Gasteiger partial charge in [-0.3, -0.25) is 0 Å². The molecule has 0 aliphatic carbocycles. The Hall–Kier alpha value is -0.790. The summed E-state index contributed by atoms with van der Waals surface area (Å²) in [5.74, 6) is 0. The molecule has 1 aliphatic heterocycles. The molecule has 0 bridgehead atoms. The molecule has 0 N–H and O–H groups in total. The summed E-state index contributed by atoms with van der Waals surface area (Å²) in [4.78, 5) is 0. The van der Waals surface area contributed by atoms with Gasteiger partial charge in [0.1, 0.15) is 0 Å². The van der Waals surface area contributed by atoms with Crippen molar-refractivity contribution in [3.05, 3.63) is 0 Å². The molecule has 1 radical (unpaired) electrons. The predicted octanol–water partition coefficient (Wildman–Crippen LogP) is 6.37. The minimum Gasteiger partial charge on any atom is -0.378 e. The highest BCUT2D eigenvalue weighted by Gasteiger charge is 2.85. The van der Waals surface area contributed by atoms with E-state index in [-0.39, 0.29) is 19.1 Å². The molecule has 191 valence electrons. The Kier molecular flexibility index (Phi) is 8.98. The Labute approximate surface area is 181 Å². The van der Waals surface area contributed by atoms with Gasteiger partial charge in [0.05, 0.1) is 11.6 Å². The standard InChI is InChI=1S/C19H29F9NO3/c1-5-15(6-2)12-13(11-14(3,4)29(15)30)31-9-7-8-10-32-16(17(20,21)22,18(23,24)25)19(26,27)28/h13H,5-12H2,1-4H3. The Morgan fingerprint density at radius 1 is 0.812 bits per heavy atom. The van der Waals surface area contributed by atoms with Gasteiger partial charge in [0, 0.05) is 18.8 Å². The average molecular weight is 490 g/mol. The lowest BCUT2D eigenvalue weighted by molar-refractivity contribution is -0.457. The van der Waals surface area contributed by atoms with Crippen molar-refractivity contribution in [2.75, 3.05) is 13.2 Å². The largest absolute Gasteiger partial charge is 0.435 e. The van der Waals surface area contributed by atoms with Gasteiger partial charge in [0.25, 0.3) is 0 Å². The van der Waals surface area contributed by atoms with Crippen molar-refractivity contribution in [3.63, 3.8) is 0 Å². The first-order valence-corrected chi connectivity index (χ1v) is 10.2. The summed E-state index contributed by atoms with van der Waals surface area (Å²) in [5.41, 5.74) is -7.66. The van der Waals surface area contributed by atoms with Crippen molar-refractivity contribution in [2.45, 2.75) is 108 Å².